The van der Waals surface area contributed by atoms with Crippen molar-refractivity contribution in [3.05, 3.63) is 81.1 Å². The minimum atomic E-state index is -0.136. The van der Waals surface area contributed by atoms with Crippen molar-refractivity contribution in [3.8, 4) is 0 Å². The molecule has 4 rings (SSSR count). The summed E-state index contributed by atoms with van der Waals surface area (Å²) >= 11 is 5.98. The van der Waals surface area contributed by atoms with Gasteiger partial charge in [-0.15, -0.1) is 0 Å². The number of nitrogens with zero attached hydrogens (tertiary/aromatic N) is 1. The lowest BCUT2D eigenvalue weighted by Crippen LogP contribution is -2.42. The molecule has 0 atom stereocenters. The minimum Gasteiger partial charge on any atom is -0.331 e. The lowest BCUT2D eigenvalue weighted by Gasteiger charge is -2.34. The predicted molar refractivity (Wildman–Crippen MR) is 113 cm³/mol. The number of halogens is 1. The Morgan fingerprint density at radius 1 is 1.04 bits per heavy atom. The molecule has 0 bridgehead atoms. The van der Waals surface area contributed by atoms with Crippen molar-refractivity contribution in [2.24, 2.45) is 0 Å². The second-order valence-electron chi connectivity index (χ2n) is 7.44. The molecular formula is C23H23ClN2O2. The summed E-state index contributed by atoms with van der Waals surface area (Å²) in [5.74, 6) is -0.0453. The maximum absolute atomic E-state index is 13.3. The summed E-state index contributed by atoms with van der Waals surface area (Å²) in [6.45, 7) is 0.312. The molecule has 0 saturated heterocycles. The van der Waals surface area contributed by atoms with Crippen molar-refractivity contribution in [2.45, 2.75) is 44.7 Å². The van der Waals surface area contributed by atoms with Crippen LogP contribution in [0.15, 0.2) is 59.4 Å². The summed E-state index contributed by atoms with van der Waals surface area (Å²) < 4.78 is 0. The van der Waals surface area contributed by atoms with E-state index < -0.39 is 0 Å². The molecule has 1 amide bonds. The van der Waals surface area contributed by atoms with Crippen LogP contribution >= 0.6 is 11.6 Å². The Bertz CT molecular complexity index is 1040. The summed E-state index contributed by atoms with van der Waals surface area (Å²) in [7, 11) is 0. The molecular weight excluding hydrogens is 372 g/mol. The molecule has 0 unspecified atom stereocenters. The Morgan fingerprint density at radius 2 is 1.75 bits per heavy atom. The highest BCUT2D eigenvalue weighted by Crippen LogP contribution is 2.26. The number of rotatable bonds is 4. The summed E-state index contributed by atoms with van der Waals surface area (Å²) in [4.78, 5) is 30.8. The number of H-pyrrole nitrogens is 1. The number of aromatic nitrogens is 1. The van der Waals surface area contributed by atoms with Crippen molar-refractivity contribution in [1.29, 1.82) is 0 Å². The summed E-state index contributed by atoms with van der Waals surface area (Å²) in [5, 5.41) is 1.58. The van der Waals surface area contributed by atoms with E-state index >= 15 is 0 Å². The standard InChI is InChI=1S/C23H23ClN2O2/c24-19-12-10-16(11-13-19)23(28)26(20-7-2-1-3-8-20)15-18-14-17-6-4-5-9-21(17)25-22(18)27/h4-6,9-14,20H,1-3,7-8,15H2,(H,25,27). The third-order valence-corrected chi connectivity index (χ3v) is 5.79. The van der Waals surface area contributed by atoms with Crippen LogP contribution in [-0.4, -0.2) is 21.8 Å². The van der Waals surface area contributed by atoms with Crippen LogP contribution in [0.25, 0.3) is 10.9 Å². The quantitative estimate of drug-likeness (QED) is 0.664. The van der Waals surface area contributed by atoms with Gasteiger partial charge in [0.15, 0.2) is 0 Å². The van der Waals surface area contributed by atoms with Crippen molar-refractivity contribution < 1.29 is 4.79 Å². The molecule has 1 saturated carbocycles. The van der Waals surface area contributed by atoms with Gasteiger partial charge >= 0.3 is 0 Å². The third-order valence-electron chi connectivity index (χ3n) is 5.54. The van der Waals surface area contributed by atoms with Gasteiger partial charge in [0.1, 0.15) is 0 Å². The largest absolute Gasteiger partial charge is 0.331 e. The predicted octanol–water partition coefficient (Wildman–Crippen LogP) is 5.16. The van der Waals surface area contributed by atoms with Crippen LogP contribution in [0.3, 0.4) is 0 Å². The molecule has 1 aliphatic carbocycles. The number of carbonyl (C=O) groups excluding carboxylic acids is 1. The van der Waals surface area contributed by atoms with E-state index in [9.17, 15) is 9.59 Å². The van der Waals surface area contributed by atoms with Gasteiger partial charge in [0.2, 0.25) is 0 Å². The lowest BCUT2D eigenvalue weighted by atomic mass is 9.93. The Balaban J connectivity index is 1.69. The van der Waals surface area contributed by atoms with E-state index in [-0.39, 0.29) is 17.5 Å². The highest BCUT2D eigenvalue weighted by atomic mass is 35.5. The maximum Gasteiger partial charge on any atom is 0.254 e. The highest BCUT2D eigenvalue weighted by molar-refractivity contribution is 6.30. The molecule has 1 aromatic heterocycles. The lowest BCUT2D eigenvalue weighted by molar-refractivity contribution is 0.0613. The Morgan fingerprint density at radius 3 is 2.50 bits per heavy atom. The average molecular weight is 395 g/mol. The summed E-state index contributed by atoms with van der Waals surface area (Å²) in [6, 6.07) is 16.7. The zero-order valence-corrected chi connectivity index (χ0v) is 16.4. The summed E-state index contributed by atoms with van der Waals surface area (Å²) in [5.41, 5.74) is 1.90. The van der Waals surface area contributed by atoms with Crippen LogP contribution < -0.4 is 5.56 Å². The average Bonchev–Trinajstić information content (AvgIpc) is 2.73. The van der Waals surface area contributed by atoms with Crippen molar-refractivity contribution >= 4 is 28.4 Å². The number of pyridine rings is 1. The number of nitrogens with one attached hydrogen (secondary N) is 1. The second-order valence-corrected chi connectivity index (χ2v) is 7.88. The topological polar surface area (TPSA) is 53.2 Å². The zero-order chi connectivity index (χ0) is 19.5. The fraction of sp³-hybridized carbons (Fsp3) is 0.304. The first-order chi connectivity index (χ1) is 13.6. The van der Waals surface area contributed by atoms with Gasteiger partial charge in [-0.3, -0.25) is 9.59 Å². The van der Waals surface area contributed by atoms with Crippen molar-refractivity contribution in [3.63, 3.8) is 0 Å². The smallest absolute Gasteiger partial charge is 0.254 e. The van der Waals surface area contributed by atoms with E-state index in [4.69, 9.17) is 11.6 Å². The number of benzene rings is 2. The van der Waals surface area contributed by atoms with Crippen LogP contribution in [0.5, 0.6) is 0 Å². The number of hydrogen-bond acceptors (Lipinski definition) is 2. The molecule has 0 aliphatic heterocycles. The molecule has 1 aliphatic rings. The minimum absolute atomic E-state index is 0.0453. The van der Waals surface area contributed by atoms with E-state index in [2.05, 4.69) is 4.98 Å². The van der Waals surface area contributed by atoms with Gasteiger partial charge in [-0.25, -0.2) is 0 Å². The molecule has 1 N–H and O–H groups in total. The number of hydrogen-bond donors (Lipinski definition) is 1. The molecule has 144 valence electrons. The van der Waals surface area contributed by atoms with E-state index in [0.29, 0.717) is 22.7 Å². The Kier molecular flexibility index (Phi) is 5.49. The SMILES string of the molecule is O=C(c1ccc(Cl)cc1)N(Cc1cc2ccccc2[nH]c1=O)C1CCCCC1. The van der Waals surface area contributed by atoms with E-state index in [1.165, 1.54) is 6.42 Å². The van der Waals surface area contributed by atoms with Gasteiger partial charge in [0.05, 0.1) is 6.54 Å². The van der Waals surface area contributed by atoms with Crippen LogP contribution in [0.2, 0.25) is 5.02 Å². The number of amides is 1. The molecule has 1 fully saturated rings. The molecule has 28 heavy (non-hydrogen) atoms. The number of para-hydroxylation sites is 1. The molecule has 5 heteroatoms. The number of fused-ring (bicyclic) bond motifs is 1. The van der Waals surface area contributed by atoms with Gasteiger partial charge in [-0.1, -0.05) is 49.1 Å². The molecule has 1 heterocycles. The fourth-order valence-electron chi connectivity index (χ4n) is 4.01. The van der Waals surface area contributed by atoms with Crippen molar-refractivity contribution in [2.75, 3.05) is 0 Å². The van der Waals surface area contributed by atoms with Crippen LogP contribution in [-0.2, 0) is 6.54 Å². The van der Waals surface area contributed by atoms with Crippen LogP contribution in [0.1, 0.15) is 48.0 Å². The molecule has 0 radical (unpaired) electrons. The monoisotopic (exact) mass is 394 g/mol. The second kappa shape index (κ2) is 8.19. The van der Waals surface area contributed by atoms with Crippen LogP contribution in [0.4, 0.5) is 0 Å². The Hall–Kier alpha value is -2.59. The van der Waals surface area contributed by atoms with Crippen LogP contribution in [0, 0.1) is 0 Å². The molecule has 2 aromatic carbocycles. The van der Waals surface area contributed by atoms with Gasteiger partial charge in [-0.05, 0) is 54.6 Å². The maximum atomic E-state index is 13.3. The van der Waals surface area contributed by atoms with Gasteiger partial charge in [0.25, 0.3) is 11.5 Å². The number of aromatic amines is 1. The van der Waals surface area contributed by atoms with E-state index in [1.54, 1.807) is 24.3 Å². The first-order valence-corrected chi connectivity index (χ1v) is 10.2. The van der Waals surface area contributed by atoms with Gasteiger partial charge < -0.3 is 9.88 Å². The van der Waals surface area contributed by atoms with Crippen molar-refractivity contribution in [1.82, 2.24) is 9.88 Å². The normalized spacial score (nSPS) is 14.9. The highest BCUT2D eigenvalue weighted by Gasteiger charge is 2.27. The number of carbonyl (C=O) groups is 1. The van der Waals surface area contributed by atoms with Gasteiger partial charge in [-0.2, -0.15) is 0 Å². The Labute approximate surface area is 169 Å². The first kappa shape index (κ1) is 18.8. The fourth-order valence-corrected chi connectivity index (χ4v) is 4.14. The molecule has 0 spiro atoms. The molecule has 4 nitrogen and oxygen atoms in total. The van der Waals surface area contributed by atoms with E-state index in [1.807, 2.05) is 35.2 Å². The third kappa shape index (κ3) is 3.97. The van der Waals surface area contributed by atoms with Gasteiger partial charge in [0, 0.05) is 27.7 Å². The van der Waals surface area contributed by atoms with E-state index in [0.717, 1.165) is 36.6 Å². The zero-order valence-electron chi connectivity index (χ0n) is 15.7. The first-order valence-electron chi connectivity index (χ1n) is 9.79. The summed E-state index contributed by atoms with van der Waals surface area (Å²) in [6.07, 6.45) is 5.39. The molecule has 3 aromatic rings.